The fourth-order valence-electron chi connectivity index (χ4n) is 3.74. The summed E-state index contributed by atoms with van der Waals surface area (Å²) in [5.41, 5.74) is 1.17. The minimum Gasteiger partial charge on any atom is -0.492 e. The van der Waals surface area contributed by atoms with Crippen LogP contribution in [0.15, 0.2) is 24.3 Å². The summed E-state index contributed by atoms with van der Waals surface area (Å²) in [6, 6.07) is 8.47. The normalized spacial score (nSPS) is 29.6. The quantitative estimate of drug-likeness (QED) is 0.906. The number of rotatable bonds is 5. The molecule has 1 aliphatic carbocycles. The second kappa shape index (κ2) is 7.44. The Hall–Kier alpha value is -1.10. The van der Waals surface area contributed by atoms with Crippen LogP contribution >= 0.6 is 0 Å². The van der Waals surface area contributed by atoms with Crippen LogP contribution in [0.4, 0.5) is 0 Å². The summed E-state index contributed by atoms with van der Waals surface area (Å²) in [7, 11) is 0. The minimum atomic E-state index is -0.161. The molecule has 1 N–H and O–H groups in total. The van der Waals surface area contributed by atoms with E-state index in [4.69, 9.17) is 9.47 Å². The number of para-hydroxylation sites is 1. The maximum Gasteiger partial charge on any atom is 0.122 e. The summed E-state index contributed by atoms with van der Waals surface area (Å²) >= 11 is 0. The molecule has 3 atom stereocenters. The van der Waals surface area contributed by atoms with Crippen LogP contribution in [0.25, 0.3) is 0 Å². The molecule has 0 radical (unpaired) electrons. The molecule has 2 aliphatic rings. The summed E-state index contributed by atoms with van der Waals surface area (Å²) in [6.07, 6.45) is 3.03. The smallest absolute Gasteiger partial charge is 0.122 e. The van der Waals surface area contributed by atoms with Gasteiger partial charge in [-0.1, -0.05) is 24.6 Å². The monoisotopic (exact) mass is 305 g/mol. The van der Waals surface area contributed by atoms with Gasteiger partial charge in [0.2, 0.25) is 0 Å². The Morgan fingerprint density at radius 1 is 1.32 bits per heavy atom. The van der Waals surface area contributed by atoms with Crippen molar-refractivity contribution in [2.45, 2.75) is 38.3 Å². The Morgan fingerprint density at radius 2 is 2.18 bits per heavy atom. The highest BCUT2D eigenvalue weighted by molar-refractivity contribution is 5.31. The lowest BCUT2D eigenvalue weighted by Crippen LogP contribution is -2.52. The SMILES string of the molecule is Cc1ccccc1OCCN1CCOC[C@@H]1[C@@H]1CCC[C@H]1O. The van der Waals surface area contributed by atoms with Gasteiger partial charge < -0.3 is 14.6 Å². The van der Waals surface area contributed by atoms with Crippen LogP contribution < -0.4 is 4.74 Å². The first-order valence-electron chi connectivity index (χ1n) is 8.44. The van der Waals surface area contributed by atoms with Gasteiger partial charge in [-0.3, -0.25) is 4.90 Å². The predicted octanol–water partition coefficient (Wildman–Crippen LogP) is 2.24. The molecule has 1 aromatic rings. The highest BCUT2D eigenvalue weighted by Crippen LogP contribution is 2.32. The van der Waals surface area contributed by atoms with Gasteiger partial charge >= 0.3 is 0 Å². The number of hydrogen-bond acceptors (Lipinski definition) is 4. The number of morpholine rings is 1. The topological polar surface area (TPSA) is 41.9 Å². The van der Waals surface area contributed by atoms with E-state index in [1.165, 1.54) is 5.56 Å². The fraction of sp³-hybridized carbons (Fsp3) is 0.667. The average molecular weight is 305 g/mol. The molecule has 2 fully saturated rings. The first-order valence-corrected chi connectivity index (χ1v) is 8.44. The molecule has 3 rings (SSSR count). The summed E-state index contributed by atoms with van der Waals surface area (Å²) in [6.45, 7) is 6.11. The molecule has 4 nitrogen and oxygen atoms in total. The zero-order chi connectivity index (χ0) is 15.4. The third kappa shape index (κ3) is 3.62. The van der Waals surface area contributed by atoms with E-state index < -0.39 is 0 Å². The lowest BCUT2D eigenvalue weighted by molar-refractivity contribution is -0.0532. The second-order valence-electron chi connectivity index (χ2n) is 6.45. The maximum absolute atomic E-state index is 10.2. The molecule has 22 heavy (non-hydrogen) atoms. The van der Waals surface area contributed by atoms with Crippen molar-refractivity contribution in [3.8, 4) is 5.75 Å². The lowest BCUT2D eigenvalue weighted by atomic mass is 9.94. The average Bonchev–Trinajstić information content (AvgIpc) is 2.96. The van der Waals surface area contributed by atoms with E-state index in [9.17, 15) is 5.11 Å². The molecule has 1 saturated carbocycles. The molecule has 0 spiro atoms. The standard InChI is InChI=1S/C18H27NO3/c1-14-5-2-3-8-18(14)22-12-10-19-9-11-21-13-16(19)15-6-4-7-17(15)20/h2-3,5,8,15-17,20H,4,6-7,9-13H2,1H3/t15-,16+,17+/m0/s1. The van der Waals surface area contributed by atoms with Crippen molar-refractivity contribution < 1.29 is 14.6 Å². The van der Waals surface area contributed by atoms with Gasteiger partial charge in [0.25, 0.3) is 0 Å². The predicted molar refractivity (Wildman–Crippen MR) is 86.2 cm³/mol. The van der Waals surface area contributed by atoms with E-state index in [1.54, 1.807) is 0 Å². The summed E-state index contributed by atoms with van der Waals surface area (Å²) in [4.78, 5) is 2.45. The Labute approximate surface area is 133 Å². The molecule has 122 valence electrons. The molecule has 0 aromatic heterocycles. The molecule has 1 aliphatic heterocycles. The summed E-state index contributed by atoms with van der Waals surface area (Å²) in [5, 5.41) is 10.2. The number of aryl methyl sites for hydroxylation is 1. The number of hydrogen-bond donors (Lipinski definition) is 1. The van der Waals surface area contributed by atoms with Gasteiger partial charge in [0.05, 0.1) is 19.3 Å². The van der Waals surface area contributed by atoms with Gasteiger partial charge in [0, 0.05) is 25.0 Å². The second-order valence-corrected chi connectivity index (χ2v) is 6.45. The molecule has 1 saturated heterocycles. The van der Waals surface area contributed by atoms with Gasteiger partial charge in [-0.25, -0.2) is 0 Å². The molecule has 0 amide bonds. The minimum absolute atomic E-state index is 0.161. The Kier molecular flexibility index (Phi) is 5.34. The molecule has 1 heterocycles. The van der Waals surface area contributed by atoms with E-state index in [0.717, 1.165) is 51.3 Å². The van der Waals surface area contributed by atoms with Gasteiger partial charge in [-0.15, -0.1) is 0 Å². The van der Waals surface area contributed by atoms with Crippen molar-refractivity contribution in [1.82, 2.24) is 4.90 Å². The number of ether oxygens (including phenoxy) is 2. The van der Waals surface area contributed by atoms with Gasteiger partial charge in [-0.05, 0) is 31.4 Å². The van der Waals surface area contributed by atoms with Crippen LogP contribution in [0.2, 0.25) is 0 Å². The van der Waals surface area contributed by atoms with Crippen LogP contribution in [0.5, 0.6) is 5.75 Å². The third-order valence-corrected chi connectivity index (χ3v) is 5.04. The van der Waals surface area contributed by atoms with Crippen molar-refractivity contribution in [3.63, 3.8) is 0 Å². The van der Waals surface area contributed by atoms with Gasteiger partial charge in [0.1, 0.15) is 12.4 Å². The van der Waals surface area contributed by atoms with Gasteiger partial charge in [0.15, 0.2) is 0 Å². The van der Waals surface area contributed by atoms with E-state index in [0.29, 0.717) is 18.6 Å². The molecule has 0 unspecified atom stereocenters. The lowest BCUT2D eigenvalue weighted by Gasteiger charge is -2.40. The number of nitrogens with zero attached hydrogens (tertiary/aromatic N) is 1. The van der Waals surface area contributed by atoms with Crippen molar-refractivity contribution >= 4 is 0 Å². The van der Waals surface area contributed by atoms with Crippen LogP contribution in [0, 0.1) is 12.8 Å². The Balaban J connectivity index is 1.54. The molecule has 1 aromatic carbocycles. The number of aliphatic hydroxyl groups is 1. The molecule has 4 heteroatoms. The Bertz CT molecular complexity index is 479. The van der Waals surface area contributed by atoms with Crippen LogP contribution in [-0.4, -0.2) is 55.1 Å². The number of aliphatic hydroxyl groups excluding tert-OH is 1. The summed E-state index contributed by atoms with van der Waals surface area (Å²) in [5.74, 6) is 1.33. The maximum atomic E-state index is 10.2. The van der Waals surface area contributed by atoms with E-state index in [2.05, 4.69) is 17.9 Å². The first kappa shape index (κ1) is 15.8. The highest BCUT2D eigenvalue weighted by Gasteiger charge is 2.37. The summed E-state index contributed by atoms with van der Waals surface area (Å²) < 4.78 is 11.6. The zero-order valence-corrected chi connectivity index (χ0v) is 13.4. The van der Waals surface area contributed by atoms with E-state index >= 15 is 0 Å². The van der Waals surface area contributed by atoms with Crippen LogP contribution in [-0.2, 0) is 4.74 Å². The zero-order valence-electron chi connectivity index (χ0n) is 13.4. The largest absolute Gasteiger partial charge is 0.492 e. The molecular formula is C18H27NO3. The van der Waals surface area contributed by atoms with E-state index in [-0.39, 0.29) is 6.10 Å². The molecule has 0 bridgehead atoms. The van der Waals surface area contributed by atoms with Crippen LogP contribution in [0.1, 0.15) is 24.8 Å². The van der Waals surface area contributed by atoms with Crippen molar-refractivity contribution in [2.24, 2.45) is 5.92 Å². The highest BCUT2D eigenvalue weighted by atomic mass is 16.5. The van der Waals surface area contributed by atoms with E-state index in [1.807, 2.05) is 18.2 Å². The van der Waals surface area contributed by atoms with Crippen molar-refractivity contribution in [1.29, 1.82) is 0 Å². The van der Waals surface area contributed by atoms with Crippen molar-refractivity contribution in [3.05, 3.63) is 29.8 Å². The Morgan fingerprint density at radius 3 is 2.95 bits per heavy atom. The first-order chi connectivity index (χ1) is 10.8. The molecular weight excluding hydrogens is 278 g/mol. The fourth-order valence-corrected chi connectivity index (χ4v) is 3.74. The number of benzene rings is 1. The van der Waals surface area contributed by atoms with Crippen molar-refractivity contribution in [2.75, 3.05) is 32.9 Å². The third-order valence-electron chi connectivity index (χ3n) is 5.04. The van der Waals surface area contributed by atoms with Gasteiger partial charge in [-0.2, -0.15) is 0 Å². The van der Waals surface area contributed by atoms with Crippen LogP contribution in [0.3, 0.4) is 0 Å².